The lowest BCUT2D eigenvalue weighted by atomic mass is 10.1. The van der Waals surface area contributed by atoms with E-state index in [1.165, 1.54) is 17.9 Å². The predicted molar refractivity (Wildman–Crippen MR) is 108 cm³/mol. The number of hydrogen-bond donors (Lipinski definition) is 2. The smallest absolute Gasteiger partial charge is 0.414 e. The van der Waals surface area contributed by atoms with E-state index >= 15 is 0 Å². The molecule has 3 amide bonds. The van der Waals surface area contributed by atoms with Crippen LogP contribution in [0.5, 0.6) is 0 Å². The zero-order valence-corrected chi connectivity index (χ0v) is 17.3. The third-order valence-corrected chi connectivity index (χ3v) is 5.23. The summed E-state index contributed by atoms with van der Waals surface area (Å²) in [5.74, 6) is -0.554. The number of rotatable bonds is 6. The van der Waals surface area contributed by atoms with Gasteiger partial charge in [-0.3, -0.25) is 9.69 Å². The number of alkyl carbamates (subject to hydrolysis) is 1. The molecule has 0 bridgehead atoms. The molecule has 0 spiro atoms. The Balaban J connectivity index is 1.65. The number of ether oxygens (including phenoxy) is 2. The zero-order valence-electron chi connectivity index (χ0n) is 17.3. The van der Waals surface area contributed by atoms with Crippen LogP contribution in [0.25, 0.3) is 0 Å². The van der Waals surface area contributed by atoms with Crippen molar-refractivity contribution in [3.8, 4) is 0 Å². The van der Waals surface area contributed by atoms with Crippen molar-refractivity contribution in [2.45, 2.75) is 32.9 Å². The van der Waals surface area contributed by atoms with E-state index in [1.54, 1.807) is 19.1 Å². The topological polar surface area (TPSA) is 100 Å². The lowest BCUT2D eigenvalue weighted by Crippen LogP contribution is -2.40. The van der Waals surface area contributed by atoms with Crippen LogP contribution in [-0.2, 0) is 14.3 Å². The van der Waals surface area contributed by atoms with Crippen LogP contribution in [0.1, 0.15) is 20.8 Å². The van der Waals surface area contributed by atoms with Crippen molar-refractivity contribution < 1.29 is 28.2 Å². The van der Waals surface area contributed by atoms with E-state index in [0.717, 1.165) is 0 Å². The summed E-state index contributed by atoms with van der Waals surface area (Å²) < 4.78 is 25.0. The average molecular weight is 422 g/mol. The molecule has 9 nitrogen and oxygen atoms in total. The molecule has 2 heterocycles. The third-order valence-electron chi connectivity index (χ3n) is 5.23. The van der Waals surface area contributed by atoms with Crippen LogP contribution in [0.15, 0.2) is 18.2 Å². The number of anilines is 2. The minimum Gasteiger partial charge on any atom is -0.450 e. The first-order valence-electron chi connectivity index (χ1n) is 9.98. The lowest BCUT2D eigenvalue weighted by Gasteiger charge is -2.21. The van der Waals surface area contributed by atoms with E-state index in [1.807, 2.05) is 11.8 Å². The van der Waals surface area contributed by atoms with Crippen molar-refractivity contribution in [3.63, 3.8) is 0 Å². The summed E-state index contributed by atoms with van der Waals surface area (Å²) in [4.78, 5) is 38.1. The molecule has 0 aromatic heterocycles. The Morgan fingerprint density at radius 1 is 1.30 bits per heavy atom. The first kappa shape index (κ1) is 21.7. The van der Waals surface area contributed by atoms with Gasteiger partial charge in [0.1, 0.15) is 11.9 Å². The standard InChI is InChI=1S/C20H27FN4O5/c1-4-29-19(27)23-17-11-24(9-12(17)2)18-6-5-14(7-16(18)21)25-10-15(30-20(25)28)8-22-13(3)26/h5-7,12,15,17H,4,8-11H2,1-3H3,(H,22,26)(H,23,27)/t12-,15+,17+/m1/s1. The summed E-state index contributed by atoms with van der Waals surface area (Å²) in [6.45, 7) is 6.87. The van der Waals surface area contributed by atoms with Crippen LogP contribution >= 0.6 is 0 Å². The molecular weight excluding hydrogens is 395 g/mol. The average Bonchev–Trinajstić information content (AvgIpc) is 3.22. The molecule has 1 aromatic rings. The molecule has 30 heavy (non-hydrogen) atoms. The Bertz CT molecular complexity index is 820. The fraction of sp³-hybridized carbons (Fsp3) is 0.550. The van der Waals surface area contributed by atoms with Gasteiger partial charge in [0.05, 0.1) is 37.1 Å². The zero-order chi connectivity index (χ0) is 21.8. The van der Waals surface area contributed by atoms with E-state index in [2.05, 4.69) is 10.6 Å². The highest BCUT2D eigenvalue weighted by Crippen LogP contribution is 2.31. The molecule has 164 valence electrons. The molecule has 10 heteroatoms. The quantitative estimate of drug-likeness (QED) is 0.726. The normalized spacial score (nSPS) is 23.3. The number of cyclic esters (lactones) is 1. The van der Waals surface area contributed by atoms with Crippen LogP contribution < -0.4 is 20.4 Å². The molecule has 2 aliphatic rings. The highest BCUT2D eigenvalue weighted by atomic mass is 19.1. The molecule has 3 rings (SSSR count). The lowest BCUT2D eigenvalue weighted by molar-refractivity contribution is -0.119. The first-order valence-corrected chi connectivity index (χ1v) is 9.98. The van der Waals surface area contributed by atoms with Crippen molar-refractivity contribution in [2.24, 2.45) is 5.92 Å². The molecule has 0 unspecified atom stereocenters. The van der Waals surface area contributed by atoms with Gasteiger partial charge in [-0.25, -0.2) is 14.0 Å². The molecule has 0 radical (unpaired) electrons. The highest BCUT2D eigenvalue weighted by Gasteiger charge is 2.35. The minimum absolute atomic E-state index is 0.122. The summed E-state index contributed by atoms with van der Waals surface area (Å²) in [5, 5.41) is 5.42. The van der Waals surface area contributed by atoms with Crippen molar-refractivity contribution in [1.82, 2.24) is 10.6 Å². The maximum atomic E-state index is 14.9. The van der Waals surface area contributed by atoms with Crippen molar-refractivity contribution in [3.05, 3.63) is 24.0 Å². The molecule has 3 atom stereocenters. The number of halogens is 1. The molecule has 2 saturated heterocycles. The van der Waals surface area contributed by atoms with Crippen LogP contribution in [0, 0.1) is 11.7 Å². The minimum atomic E-state index is -0.578. The largest absolute Gasteiger partial charge is 0.450 e. The van der Waals surface area contributed by atoms with Crippen molar-refractivity contribution in [1.29, 1.82) is 0 Å². The number of nitrogens with one attached hydrogen (secondary N) is 2. The number of carbonyl (C=O) groups is 3. The maximum Gasteiger partial charge on any atom is 0.414 e. The number of amides is 3. The van der Waals surface area contributed by atoms with Crippen LogP contribution in [-0.4, -0.2) is 63.0 Å². The van der Waals surface area contributed by atoms with Crippen LogP contribution in [0.2, 0.25) is 0 Å². The van der Waals surface area contributed by atoms with Gasteiger partial charge >= 0.3 is 12.2 Å². The summed E-state index contributed by atoms with van der Waals surface area (Å²) in [7, 11) is 0. The Morgan fingerprint density at radius 2 is 2.07 bits per heavy atom. The number of benzene rings is 1. The Labute approximate surface area is 174 Å². The molecule has 2 aliphatic heterocycles. The summed E-state index contributed by atoms with van der Waals surface area (Å²) in [5.41, 5.74) is 0.793. The number of nitrogens with zero attached hydrogens (tertiary/aromatic N) is 2. The van der Waals surface area contributed by atoms with E-state index in [-0.39, 0.29) is 37.6 Å². The molecule has 1 aromatic carbocycles. The van der Waals surface area contributed by atoms with Gasteiger partial charge in [0, 0.05) is 20.0 Å². The Hall–Kier alpha value is -3.04. The van der Waals surface area contributed by atoms with E-state index < -0.39 is 24.1 Å². The van der Waals surface area contributed by atoms with Gasteiger partial charge < -0.3 is 25.0 Å². The molecular formula is C20H27FN4O5. The molecule has 0 aliphatic carbocycles. The van der Waals surface area contributed by atoms with E-state index in [0.29, 0.717) is 24.5 Å². The Kier molecular flexibility index (Phi) is 6.63. The van der Waals surface area contributed by atoms with Gasteiger partial charge in [-0.05, 0) is 31.0 Å². The maximum absolute atomic E-state index is 14.9. The van der Waals surface area contributed by atoms with Gasteiger partial charge in [0.25, 0.3) is 0 Å². The number of carbonyl (C=O) groups excluding carboxylic acids is 3. The monoisotopic (exact) mass is 422 g/mol. The second-order valence-corrected chi connectivity index (χ2v) is 7.54. The van der Waals surface area contributed by atoms with Gasteiger partial charge in [0.2, 0.25) is 5.91 Å². The Morgan fingerprint density at radius 3 is 2.73 bits per heavy atom. The number of hydrogen-bond acceptors (Lipinski definition) is 6. The fourth-order valence-electron chi connectivity index (χ4n) is 3.69. The van der Waals surface area contributed by atoms with Crippen LogP contribution in [0.4, 0.5) is 25.4 Å². The summed E-state index contributed by atoms with van der Waals surface area (Å²) in [6, 6.07) is 4.44. The molecule has 2 fully saturated rings. The molecule has 0 saturated carbocycles. The van der Waals surface area contributed by atoms with Gasteiger partial charge in [0.15, 0.2) is 0 Å². The van der Waals surface area contributed by atoms with E-state index in [4.69, 9.17) is 9.47 Å². The molecule has 2 N–H and O–H groups in total. The van der Waals surface area contributed by atoms with Gasteiger partial charge in [-0.1, -0.05) is 6.92 Å². The predicted octanol–water partition coefficient (Wildman–Crippen LogP) is 1.86. The summed E-state index contributed by atoms with van der Waals surface area (Å²) >= 11 is 0. The second-order valence-electron chi connectivity index (χ2n) is 7.54. The first-order chi connectivity index (χ1) is 14.3. The van der Waals surface area contributed by atoms with Gasteiger partial charge in [-0.2, -0.15) is 0 Å². The second kappa shape index (κ2) is 9.19. The SMILES string of the molecule is CCOC(=O)N[C@H]1CN(c2ccc(N3C[C@H](CNC(C)=O)OC3=O)cc2F)C[C@H]1C. The van der Waals surface area contributed by atoms with E-state index in [9.17, 15) is 18.8 Å². The highest BCUT2D eigenvalue weighted by molar-refractivity contribution is 5.90. The third kappa shape index (κ3) is 4.92. The van der Waals surface area contributed by atoms with Crippen molar-refractivity contribution >= 4 is 29.5 Å². The van der Waals surface area contributed by atoms with Crippen LogP contribution in [0.3, 0.4) is 0 Å². The fourth-order valence-corrected chi connectivity index (χ4v) is 3.69. The van der Waals surface area contributed by atoms with Crippen molar-refractivity contribution in [2.75, 3.05) is 42.6 Å². The summed E-state index contributed by atoms with van der Waals surface area (Å²) in [6.07, 6.45) is -1.54. The van der Waals surface area contributed by atoms with Gasteiger partial charge in [-0.15, -0.1) is 0 Å².